The number of nitrogens with zero attached hydrogens (tertiary/aromatic N) is 1. The van der Waals surface area contributed by atoms with Gasteiger partial charge in [0.1, 0.15) is 16.4 Å². The zero-order valence-electron chi connectivity index (χ0n) is 15.9. The number of pyridine rings is 1. The Hall–Kier alpha value is -3.25. The molecule has 4 rings (SSSR count). The Balaban J connectivity index is 1.94. The van der Waals surface area contributed by atoms with Crippen molar-refractivity contribution in [2.45, 2.75) is 13.5 Å². The molecule has 0 bridgehead atoms. The van der Waals surface area contributed by atoms with Crippen molar-refractivity contribution < 1.29 is 13.9 Å². The maximum Gasteiger partial charge on any atom is 0.201 e. The quantitative estimate of drug-likeness (QED) is 0.435. The molecule has 0 unspecified atom stereocenters. The van der Waals surface area contributed by atoms with E-state index in [1.165, 1.54) is 23.6 Å². The predicted octanol–water partition coefficient (Wildman–Crippen LogP) is 5.05. The molecule has 2 aromatic heterocycles. The highest BCUT2D eigenvalue weighted by Gasteiger charge is 2.19. The lowest BCUT2D eigenvalue weighted by Crippen LogP contribution is -2.14. The van der Waals surface area contributed by atoms with Crippen molar-refractivity contribution in [2.75, 3.05) is 7.11 Å². The number of rotatable bonds is 5. The third-order valence-corrected chi connectivity index (χ3v) is 6.33. The fourth-order valence-corrected chi connectivity index (χ4v) is 4.71. The molecule has 0 fully saturated rings. The summed E-state index contributed by atoms with van der Waals surface area (Å²) in [6.07, 6.45) is 2.07. The molecule has 2 heterocycles. The van der Waals surface area contributed by atoms with Gasteiger partial charge in [-0.2, -0.15) is 0 Å². The minimum absolute atomic E-state index is 0.0658. The number of aldehydes is 1. The van der Waals surface area contributed by atoms with Crippen molar-refractivity contribution in [3.63, 3.8) is 0 Å². The third kappa shape index (κ3) is 3.36. The van der Waals surface area contributed by atoms with E-state index in [1.54, 1.807) is 29.9 Å². The van der Waals surface area contributed by atoms with Gasteiger partial charge in [0.15, 0.2) is 6.29 Å². The van der Waals surface area contributed by atoms with Crippen LogP contribution in [0.1, 0.15) is 21.5 Å². The second-order valence-corrected chi connectivity index (χ2v) is 7.71. The highest BCUT2D eigenvalue weighted by Crippen LogP contribution is 2.37. The Morgan fingerprint density at radius 1 is 1.14 bits per heavy atom. The van der Waals surface area contributed by atoms with Gasteiger partial charge < -0.3 is 9.30 Å². The molecule has 146 valence electrons. The highest BCUT2D eigenvalue weighted by molar-refractivity contribution is 7.22. The number of fused-ring (bicyclic) bond motifs is 1. The van der Waals surface area contributed by atoms with Gasteiger partial charge in [-0.05, 0) is 48.4 Å². The molecule has 4 nitrogen and oxygen atoms in total. The van der Waals surface area contributed by atoms with E-state index in [1.807, 2.05) is 31.2 Å². The van der Waals surface area contributed by atoms with Crippen LogP contribution in [0.25, 0.3) is 20.7 Å². The molecule has 0 saturated carbocycles. The van der Waals surface area contributed by atoms with Crippen molar-refractivity contribution >= 4 is 27.8 Å². The summed E-state index contributed by atoms with van der Waals surface area (Å²) in [5.41, 5.74) is 2.02. The number of aromatic nitrogens is 1. The SMILES string of the molecule is COc1ccc(-c2sc3c(c2C)c(=O)c(C=O)cn3Cc2ccccc2F)cc1. The molecule has 0 radical (unpaired) electrons. The first kappa shape index (κ1) is 19.1. The molecule has 0 aliphatic carbocycles. The van der Waals surface area contributed by atoms with E-state index in [-0.39, 0.29) is 23.4 Å². The van der Waals surface area contributed by atoms with Gasteiger partial charge in [0.2, 0.25) is 5.43 Å². The summed E-state index contributed by atoms with van der Waals surface area (Å²) in [6, 6.07) is 14.1. The van der Waals surface area contributed by atoms with Gasteiger partial charge in [0.25, 0.3) is 0 Å². The van der Waals surface area contributed by atoms with Crippen LogP contribution in [0.3, 0.4) is 0 Å². The molecule has 0 aliphatic heterocycles. The Labute approximate surface area is 170 Å². The van der Waals surface area contributed by atoms with Crippen molar-refractivity contribution in [3.05, 3.63) is 87.5 Å². The van der Waals surface area contributed by atoms with Gasteiger partial charge >= 0.3 is 0 Å². The number of hydrogen-bond acceptors (Lipinski definition) is 4. The number of aryl methyl sites for hydroxylation is 1. The zero-order valence-corrected chi connectivity index (χ0v) is 16.8. The van der Waals surface area contributed by atoms with E-state index in [4.69, 9.17) is 4.74 Å². The lowest BCUT2D eigenvalue weighted by Gasteiger charge is -2.10. The van der Waals surface area contributed by atoms with Gasteiger partial charge in [0.05, 0.1) is 24.6 Å². The fourth-order valence-electron chi connectivity index (χ4n) is 3.43. The highest BCUT2D eigenvalue weighted by atomic mass is 32.1. The smallest absolute Gasteiger partial charge is 0.201 e. The number of ether oxygens (including phenoxy) is 1. The lowest BCUT2D eigenvalue weighted by atomic mass is 10.1. The van der Waals surface area contributed by atoms with Crippen molar-refractivity contribution in [1.29, 1.82) is 0 Å². The van der Waals surface area contributed by atoms with E-state index in [9.17, 15) is 14.0 Å². The first-order valence-corrected chi connectivity index (χ1v) is 9.84. The van der Waals surface area contributed by atoms with Crippen LogP contribution in [0.2, 0.25) is 0 Å². The fraction of sp³-hybridized carbons (Fsp3) is 0.130. The Morgan fingerprint density at radius 3 is 2.52 bits per heavy atom. The summed E-state index contributed by atoms with van der Waals surface area (Å²) < 4.78 is 21.2. The Bertz CT molecular complexity index is 1270. The van der Waals surface area contributed by atoms with Crippen molar-refractivity contribution in [3.8, 4) is 16.2 Å². The number of methoxy groups -OCH3 is 1. The maximum absolute atomic E-state index is 14.2. The normalized spacial score (nSPS) is 11.0. The standard InChI is InChI=1S/C23H18FNO3S/c1-14-20-21(27)17(13-26)12-25(11-16-5-3-4-6-19(16)24)23(20)29-22(14)15-7-9-18(28-2)10-8-15/h3-10,12-13H,11H2,1-2H3. The monoisotopic (exact) mass is 407 g/mol. The Kier molecular flexibility index (Phi) is 5.03. The Morgan fingerprint density at radius 2 is 1.86 bits per heavy atom. The van der Waals surface area contributed by atoms with E-state index >= 15 is 0 Å². The van der Waals surface area contributed by atoms with Crippen LogP contribution in [0.4, 0.5) is 4.39 Å². The number of benzene rings is 2. The van der Waals surface area contributed by atoms with Crippen LogP contribution in [0.15, 0.2) is 59.5 Å². The molecule has 0 saturated heterocycles. The third-order valence-electron chi connectivity index (χ3n) is 4.95. The van der Waals surface area contributed by atoms with Gasteiger partial charge in [-0.1, -0.05) is 18.2 Å². The molecule has 29 heavy (non-hydrogen) atoms. The van der Waals surface area contributed by atoms with E-state index in [0.29, 0.717) is 22.1 Å². The molecule has 0 aliphatic rings. The molecule has 0 spiro atoms. The molecule has 0 atom stereocenters. The van der Waals surface area contributed by atoms with Gasteiger partial charge in [-0.15, -0.1) is 11.3 Å². The number of carbonyl (C=O) groups excluding carboxylic acids is 1. The first-order valence-electron chi connectivity index (χ1n) is 9.03. The molecule has 0 N–H and O–H groups in total. The van der Waals surface area contributed by atoms with Gasteiger partial charge in [-0.25, -0.2) is 4.39 Å². The maximum atomic E-state index is 14.2. The summed E-state index contributed by atoms with van der Waals surface area (Å²) in [4.78, 5) is 26.0. The summed E-state index contributed by atoms with van der Waals surface area (Å²) in [5, 5.41) is 0.502. The summed E-state index contributed by atoms with van der Waals surface area (Å²) in [7, 11) is 1.61. The molecule has 6 heteroatoms. The number of carbonyl (C=O) groups is 1. The summed E-state index contributed by atoms with van der Waals surface area (Å²) in [5.74, 6) is 0.422. The second kappa shape index (κ2) is 7.64. The largest absolute Gasteiger partial charge is 0.497 e. The van der Waals surface area contributed by atoms with E-state index in [2.05, 4.69) is 0 Å². The van der Waals surface area contributed by atoms with Gasteiger partial charge in [0, 0.05) is 16.6 Å². The van der Waals surface area contributed by atoms with Crippen LogP contribution < -0.4 is 10.2 Å². The van der Waals surface area contributed by atoms with E-state index in [0.717, 1.165) is 21.8 Å². The van der Waals surface area contributed by atoms with Crippen molar-refractivity contribution in [2.24, 2.45) is 0 Å². The average Bonchev–Trinajstić information content (AvgIpc) is 3.09. The minimum atomic E-state index is -0.323. The molecular formula is C23H18FNO3S. The summed E-state index contributed by atoms with van der Waals surface area (Å²) >= 11 is 1.46. The van der Waals surface area contributed by atoms with Gasteiger partial charge in [-0.3, -0.25) is 9.59 Å². The summed E-state index contributed by atoms with van der Waals surface area (Å²) in [6.45, 7) is 2.11. The van der Waals surface area contributed by atoms with Crippen LogP contribution in [-0.4, -0.2) is 18.0 Å². The lowest BCUT2D eigenvalue weighted by molar-refractivity contribution is 0.112. The molecule has 4 aromatic rings. The number of halogens is 1. The molecular weight excluding hydrogens is 389 g/mol. The van der Waals surface area contributed by atoms with E-state index < -0.39 is 0 Å². The first-order chi connectivity index (χ1) is 14.0. The van der Waals surface area contributed by atoms with Crippen LogP contribution in [0, 0.1) is 12.7 Å². The number of thiophene rings is 1. The zero-order chi connectivity index (χ0) is 20.5. The van der Waals surface area contributed by atoms with Crippen LogP contribution in [0.5, 0.6) is 5.75 Å². The topological polar surface area (TPSA) is 48.3 Å². The van der Waals surface area contributed by atoms with Crippen LogP contribution >= 0.6 is 11.3 Å². The van der Waals surface area contributed by atoms with Crippen LogP contribution in [-0.2, 0) is 6.54 Å². The average molecular weight is 407 g/mol. The number of hydrogen-bond donors (Lipinski definition) is 0. The second-order valence-electron chi connectivity index (χ2n) is 6.72. The molecule has 2 aromatic carbocycles. The minimum Gasteiger partial charge on any atom is -0.497 e. The predicted molar refractivity (Wildman–Crippen MR) is 114 cm³/mol. The van der Waals surface area contributed by atoms with Crippen molar-refractivity contribution in [1.82, 2.24) is 4.57 Å². The molecule has 0 amide bonds.